The minimum atomic E-state index is -0.111. The van der Waals surface area contributed by atoms with Gasteiger partial charge in [-0.15, -0.1) is 0 Å². The maximum absolute atomic E-state index is 12.1. The number of rotatable bonds is 3. The molecule has 0 fully saturated rings. The monoisotopic (exact) mass is 260 g/mol. The van der Waals surface area contributed by atoms with Crippen LogP contribution >= 0.6 is 0 Å². The lowest BCUT2D eigenvalue weighted by molar-refractivity contribution is 0.104. The van der Waals surface area contributed by atoms with Crippen LogP contribution in [0.1, 0.15) is 16.1 Å². The Morgan fingerprint density at radius 1 is 1.00 bits per heavy atom. The molecule has 0 aliphatic heterocycles. The molecule has 96 valence electrons. The van der Waals surface area contributed by atoms with Gasteiger partial charge in [0.15, 0.2) is 0 Å². The van der Waals surface area contributed by atoms with Crippen molar-refractivity contribution in [2.24, 2.45) is 0 Å². The van der Waals surface area contributed by atoms with Gasteiger partial charge in [-0.25, -0.2) is 4.98 Å². The van der Waals surface area contributed by atoms with E-state index in [-0.39, 0.29) is 5.78 Å². The first kappa shape index (κ1) is 12.2. The molecule has 0 saturated heterocycles. The summed E-state index contributed by atoms with van der Waals surface area (Å²) in [6.45, 7) is 0. The third-order valence-electron chi connectivity index (χ3n) is 2.96. The van der Waals surface area contributed by atoms with Crippen LogP contribution in [0.2, 0.25) is 0 Å². The molecule has 1 aromatic carbocycles. The number of nitrogens with zero attached hydrogens (tertiary/aromatic N) is 2. The lowest BCUT2D eigenvalue weighted by atomic mass is 10.1. The zero-order valence-electron chi connectivity index (χ0n) is 10.7. The van der Waals surface area contributed by atoms with Crippen molar-refractivity contribution < 1.29 is 4.79 Å². The van der Waals surface area contributed by atoms with E-state index in [9.17, 15) is 4.79 Å². The summed E-state index contributed by atoms with van der Waals surface area (Å²) < 4.78 is 0. The number of fused-ring (bicyclic) bond motifs is 1. The molecule has 2 aromatic heterocycles. The molecule has 3 rings (SSSR count). The fourth-order valence-electron chi connectivity index (χ4n) is 1.94. The van der Waals surface area contributed by atoms with Crippen LogP contribution in [-0.4, -0.2) is 15.8 Å². The van der Waals surface area contributed by atoms with Crippen molar-refractivity contribution in [1.82, 2.24) is 9.97 Å². The van der Waals surface area contributed by atoms with Gasteiger partial charge in [0.25, 0.3) is 0 Å². The van der Waals surface area contributed by atoms with Crippen molar-refractivity contribution in [3.63, 3.8) is 0 Å². The van der Waals surface area contributed by atoms with E-state index in [4.69, 9.17) is 0 Å². The van der Waals surface area contributed by atoms with Crippen LogP contribution in [0.15, 0.2) is 67.0 Å². The molecule has 0 bridgehead atoms. The summed E-state index contributed by atoms with van der Waals surface area (Å²) >= 11 is 0. The number of ketones is 1. The third-order valence-corrected chi connectivity index (χ3v) is 2.96. The SMILES string of the molecule is O=C(C=Cc1cccnc1)c1ccc2ccccc2n1. The fourth-order valence-corrected chi connectivity index (χ4v) is 1.94. The van der Waals surface area contributed by atoms with Gasteiger partial charge in [0.2, 0.25) is 5.78 Å². The molecule has 0 atom stereocenters. The van der Waals surface area contributed by atoms with E-state index in [2.05, 4.69) is 9.97 Å². The Kier molecular flexibility index (Phi) is 3.33. The van der Waals surface area contributed by atoms with Crippen LogP contribution in [0, 0.1) is 0 Å². The number of benzene rings is 1. The topological polar surface area (TPSA) is 42.9 Å². The first-order valence-corrected chi connectivity index (χ1v) is 6.31. The fraction of sp³-hybridized carbons (Fsp3) is 0. The van der Waals surface area contributed by atoms with Gasteiger partial charge in [-0.2, -0.15) is 0 Å². The molecule has 3 aromatic rings. The second-order valence-corrected chi connectivity index (χ2v) is 4.37. The quantitative estimate of drug-likeness (QED) is 0.534. The number of para-hydroxylation sites is 1. The van der Waals surface area contributed by atoms with Gasteiger partial charge in [-0.3, -0.25) is 9.78 Å². The van der Waals surface area contributed by atoms with Crippen LogP contribution in [0.4, 0.5) is 0 Å². The number of allylic oxidation sites excluding steroid dienone is 1. The highest BCUT2D eigenvalue weighted by molar-refractivity contribution is 6.06. The van der Waals surface area contributed by atoms with Gasteiger partial charge in [0, 0.05) is 17.8 Å². The van der Waals surface area contributed by atoms with Crippen molar-refractivity contribution in [1.29, 1.82) is 0 Å². The lowest BCUT2D eigenvalue weighted by Crippen LogP contribution is -1.98. The Balaban J connectivity index is 1.87. The Morgan fingerprint density at radius 2 is 1.90 bits per heavy atom. The van der Waals surface area contributed by atoms with E-state index >= 15 is 0 Å². The first-order valence-electron chi connectivity index (χ1n) is 6.31. The molecular weight excluding hydrogens is 248 g/mol. The number of hydrogen-bond acceptors (Lipinski definition) is 3. The van der Waals surface area contributed by atoms with Crippen LogP contribution in [-0.2, 0) is 0 Å². The molecule has 2 heterocycles. The van der Waals surface area contributed by atoms with E-state index in [1.165, 1.54) is 6.08 Å². The van der Waals surface area contributed by atoms with Crippen molar-refractivity contribution in [2.45, 2.75) is 0 Å². The molecule has 3 nitrogen and oxygen atoms in total. The van der Waals surface area contributed by atoms with Gasteiger partial charge >= 0.3 is 0 Å². The van der Waals surface area contributed by atoms with E-state index in [1.54, 1.807) is 24.5 Å². The van der Waals surface area contributed by atoms with Crippen molar-refractivity contribution in [3.05, 3.63) is 78.3 Å². The molecule has 0 aliphatic carbocycles. The van der Waals surface area contributed by atoms with E-state index in [1.807, 2.05) is 42.5 Å². The summed E-state index contributed by atoms with van der Waals surface area (Å²) in [6.07, 6.45) is 6.67. The third kappa shape index (κ3) is 2.62. The minimum absolute atomic E-state index is 0.111. The van der Waals surface area contributed by atoms with Crippen LogP contribution < -0.4 is 0 Å². The molecule has 0 saturated carbocycles. The minimum Gasteiger partial charge on any atom is -0.288 e. The zero-order chi connectivity index (χ0) is 13.8. The number of carbonyl (C=O) groups excluding carboxylic acids is 1. The summed E-state index contributed by atoms with van der Waals surface area (Å²) in [5.74, 6) is -0.111. The van der Waals surface area contributed by atoms with Gasteiger partial charge in [0.1, 0.15) is 5.69 Å². The molecule has 0 unspecified atom stereocenters. The molecule has 0 aliphatic rings. The van der Waals surface area contributed by atoms with Crippen molar-refractivity contribution >= 4 is 22.8 Å². The normalized spacial score (nSPS) is 11.0. The van der Waals surface area contributed by atoms with E-state index < -0.39 is 0 Å². The summed E-state index contributed by atoms with van der Waals surface area (Å²) in [5.41, 5.74) is 2.17. The molecule has 20 heavy (non-hydrogen) atoms. The summed E-state index contributed by atoms with van der Waals surface area (Å²) in [5, 5.41) is 1.03. The number of hydrogen-bond donors (Lipinski definition) is 0. The average molecular weight is 260 g/mol. The van der Waals surface area contributed by atoms with Crippen molar-refractivity contribution in [2.75, 3.05) is 0 Å². The number of pyridine rings is 2. The van der Waals surface area contributed by atoms with Crippen LogP contribution in [0.3, 0.4) is 0 Å². The summed E-state index contributed by atoms with van der Waals surface area (Å²) in [4.78, 5) is 20.5. The Labute approximate surface area is 116 Å². The summed E-state index contributed by atoms with van der Waals surface area (Å²) in [6, 6.07) is 15.1. The molecular formula is C17H12N2O. The molecule has 0 amide bonds. The van der Waals surface area contributed by atoms with Gasteiger partial charge in [-0.1, -0.05) is 30.3 Å². The number of aromatic nitrogens is 2. The van der Waals surface area contributed by atoms with Gasteiger partial charge < -0.3 is 0 Å². The van der Waals surface area contributed by atoms with Crippen LogP contribution in [0.25, 0.3) is 17.0 Å². The zero-order valence-corrected chi connectivity index (χ0v) is 10.7. The second-order valence-electron chi connectivity index (χ2n) is 4.37. The summed E-state index contributed by atoms with van der Waals surface area (Å²) in [7, 11) is 0. The highest BCUT2D eigenvalue weighted by Crippen LogP contribution is 2.12. The Bertz CT molecular complexity index is 779. The second kappa shape index (κ2) is 5.45. The number of carbonyl (C=O) groups is 1. The molecule has 3 heteroatoms. The molecule has 0 radical (unpaired) electrons. The highest BCUT2D eigenvalue weighted by atomic mass is 16.1. The van der Waals surface area contributed by atoms with Gasteiger partial charge in [0.05, 0.1) is 5.52 Å². The molecule has 0 N–H and O–H groups in total. The molecule has 0 spiro atoms. The highest BCUT2D eigenvalue weighted by Gasteiger charge is 2.04. The van der Waals surface area contributed by atoms with Crippen LogP contribution in [0.5, 0.6) is 0 Å². The average Bonchev–Trinajstić information content (AvgIpc) is 2.53. The smallest absolute Gasteiger partial charge is 0.204 e. The predicted molar refractivity (Wildman–Crippen MR) is 79.3 cm³/mol. The predicted octanol–water partition coefficient (Wildman–Crippen LogP) is 3.53. The Hall–Kier alpha value is -2.81. The first-order chi connectivity index (χ1) is 9.83. The maximum atomic E-state index is 12.1. The maximum Gasteiger partial charge on any atom is 0.204 e. The largest absolute Gasteiger partial charge is 0.288 e. The Morgan fingerprint density at radius 3 is 2.75 bits per heavy atom. The standard InChI is InChI=1S/C17H12N2O/c20-17(10-7-13-4-3-11-18-12-13)16-9-8-14-5-1-2-6-15(14)19-16/h1-12H. The van der Waals surface area contributed by atoms with E-state index in [0.717, 1.165) is 16.5 Å². The van der Waals surface area contributed by atoms with Gasteiger partial charge in [-0.05, 0) is 35.9 Å². The van der Waals surface area contributed by atoms with E-state index in [0.29, 0.717) is 5.69 Å². The van der Waals surface area contributed by atoms with Crippen molar-refractivity contribution in [3.8, 4) is 0 Å². The lowest BCUT2D eigenvalue weighted by Gasteiger charge is -1.99.